The molecule has 0 radical (unpaired) electrons. The van der Waals surface area contributed by atoms with Crippen LogP contribution in [0.25, 0.3) is 9.40 Å². The minimum absolute atomic E-state index is 0.116. The van der Waals surface area contributed by atoms with Crippen molar-refractivity contribution in [1.29, 1.82) is 0 Å². The number of benzene rings is 3. The normalized spacial score (nSPS) is 26.1. The summed E-state index contributed by atoms with van der Waals surface area (Å²) in [6, 6.07) is 15.4. The van der Waals surface area contributed by atoms with E-state index < -0.39 is 0 Å². The third-order valence-electron chi connectivity index (χ3n) is 8.35. The van der Waals surface area contributed by atoms with Gasteiger partial charge in [-0.05, 0) is 29.2 Å². The van der Waals surface area contributed by atoms with Crippen molar-refractivity contribution in [3.05, 3.63) is 85.4 Å². The lowest BCUT2D eigenvalue weighted by molar-refractivity contribution is 0.326. The van der Waals surface area contributed by atoms with Gasteiger partial charge in [-0.1, -0.05) is 70.7 Å². The Kier molecular flexibility index (Phi) is 3.15. The van der Waals surface area contributed by atoms with Crippen molar-refractivity contribution in [2.24, 2.45) is 0 Å². The molecule has 0 saturated carbocycles. The molecule has 0 bridgehead atoms. The molecule has 32 heavy (non-hydrogen) atoms. The number of fused-ring (bicyclic) bond motifs is 8. The summed E-state index contributed by atoms with van der Waals surface area (Å²) >= 11 is 3.30. The van der Waals surface area contributed by atoms with Crippen molar-refractivity contribution in [3.63, 3.8) is 0 Å². The van der Waals surface area contributed by atoms with Gasteiger partial charge in [0, 0.05) is 41.2 Å². The van der Waals surface area contributed by atoms with Crippen molar-refractivity contribution in [3.8, 4) is 11.5 Å². The highest BCUT2D eigenvalue weighted by atomic mass is 32.2. The van der Waals surface area contributed by atoms with Crippen LogP contribution >= 0.6 is 22.7 Å². The lowest BCUT2D eigenvalue weighted by atomic mass is 9.43. The summed E-state index contributed by atoms with van der Waals surface area (Å²) in [5, 5.41) is 23.4. The van der Waals surface area contributed by atoms with Crippen molar-refractivity contribution in [1.82, 2.24) is 4.58 Å². The molecule has 3 atom stereocenters. The van der Waals surface area contributed by atoms with E-state index >= 15 is 0 Å². The van der Waals surface area contributed by atoms with Crippen LogP contribution in [-0.4, -0.2) is 23.3 Å². The number of phenolic OH excluding ortho intramolecular Hbond substituents is 2. The molecule has 3 nitrogen and oxygen atoms in total. The fourth-order valence-corrected chi connectivity index (χ4v) is 9.85. The fourth-order valence-electron chi connectivity index (χ4n) is 7.17. The van der Waals surface area contributed by atoms with Gasteiger partial charge in [-0.3, -0.25) is 0 Å². The zero-order valence-corrected chi connectivity index (χ0v) is 19.3. The Morgan fingerprint density at radius 2 is 1.47 bits per heavy atom. The first kappa shape index (κ1) is 17.9. The molecule has 4 aromatic rings. The first-order valence-electron chi connectivity index (χ1n) is 11.4. The lowest BCUT2D eigenvalue weighted by Gasteiger charge is -2.58. The number of aromatic hydroxyl groups is 2. The van der Waals surface area contributed by atoms with Crippen LogP contribution in [-0.2, 0) is 5.41 Å². The van der Waals surface area contributed by atoms with Crippen molar-refractivity contribution in [2.75, 3.05) is 13.1 Å². The molecule has 3 aliphatic carbocycles. The molecule has 1 aromatic heterocycles. The van der Waals surface area contributed by atoms with E-state index in [4.69, 9.17) is 0 Å². The third kappa shape index (κ3) is 1.75. The number of aryl methyl sites for hydroxylation is 1. The van der Waals surface area contributed by atoms with Crippen LogP contribution in [0.4, 0.5) is 0 Å². The van der Waals surface area contributed by atoms with Crippen LogP contribution in [0.3, 0.4) is 0 Å². The lowest BCUT2D eigenvalue weighted by Crippen LogP contribution is -2.52. The standard InChI is InChI=1S/C27H21NO2S2/c1-13-8-9-17-15(12-13)21-19-18(20-14-6-2-3-7-16(14)27(17,20)21)22(29)24-25(23(19)30)32-26(31-24)28-10-4-5-11-28/h2-3,6-9,12,20-21H,4-5,10-11H2,1H3,(H-,29,30)/p+1/t20-,21+,27+/m0/s1. The van der Waals surface area contributed by atoms with Gasteiger partial charge in [0.15, 0.2) is 0 Å². The Balaban J connectivity index is 1.50. The van der Waals surface area contributed by atoms with Gasteiger partial charge in [0.2, 0.25) is 0 Å². The van der Waals surface area contributed by atoms with Crippen LogP contribution in [0, 0.1) is 6.92 Å². The second-order valence-electron chi connectivity index (χ2n) is 9.76. The number of hydrogen-bond donors (Lipinski definition) is 2. The number of rotatable bonds is 0. The molecule has 0 amide bonds. The molecule has 2 heterocycles. The number of hydrogen-bond acceptors (Lipinski definition) is 4. The van der Waals surface area contributed by atoms with Gasteiger partial charge in [-0.15, -0.1) is 0 Å². The predicted molar refractivity (Wildman–Crippen MR) is 129 cm³/mol. The van der Waals surface area contributed by atoms with Crippen LogP contribution in [0.1, 0.15) is 63.6 Å². The first-order chi connectivity index (χ1) is 15.6. The topological polar surface area (TPSA) is 43.5 Å². The van der Waals surface area contributed by atoms with E-state index in [0.29, 0.717) is 11.5 Å². The van der Waals surface area contributed by atoms with E-state index in [2.05, 4.69) is 54.0 Å². The molecule has 2 N–H and O–H groups in total. The average Bonchev–Trinajstić information content (AvgIpc) is 3.49. The number of nitrogens with zero attached hydrogens (tertiary/aromatic N) is 1. The van der Waals surface area contributed by atoms with Crippen molar-refractivity contribution < 1.29 is 10.2 Å². The second-order valence-corrected chi connectivity index (χ2v) is 12.0. The van der Waals surface area contributed by atoms with Crippen LogP contribution in [0.2, 0.25) is 0 Å². The summed E-state index contributed by atoms with van der Waals surface area (Å²) in [5.41, 5.74) is 8.40. The minimum Gasteiger partial charge on any atom is -0.506 e. The SMILES string of the molecule is Cc1ccc2c(c1)[C@@H]1c3c(c(O)c4sc(=[N+]5CCCC5)sc4c3O)[C@@H]3c4ccccc4[C@]213. The van der Waals surface area contributed by atoms with Gasteiger partial charge in [-0.2, -0.15) is 0 Å². The monoisotopic (exact) mass is 456 g/mol. The Morgan fingerprint density at radius 1 is 0.844 bits per heavy atom. The Labute approximate surface area is 193 Å². The van der Waals surface area contributed by atoms with Gasteiger partial charge in [0.05, 0.1) is 9.40 Å². The zero-order valence-electron chi connectivity index (χ0n) is 17.7. The van der Waals surface area contributed by atoms with Crippen LogP contribution < -0.4 is 8.56 Å². The van der Waals surface area contributed by atoms with Crippen LogP contribution in [0.5, 0.6) is 11.5 Å². The van der Waals surface area contributed by atoms with E-state index in [-0.39, 0.29) is 17.3 Å². The quantitative estimate of drug-likeness (QED) is 0.284. The second kappa shape index (κ2) is 5.64. The Morgan fingerprint density at radius 3 is 2.19 bits per heavy atom. The zero-order chi connectivity index (χ0) is 21.4. The molecule has 3 aromatic carbocycles. The van der Waals surface area contributed by atoms with Crippen LogP contribution in [0.15, 0.2) is 42.5 Å². The van der Waals surface area contributed by atoms with E-state index in [0.717, 1.165) is 33.6 Å². The van der Waals surface area contributed by atoms with Gasteiger partial charge in [0.1, 0.15) is 24.6 Å². The largest absolute Gasteiger partial charge is 0.506 e. The molecule has 1 fully saturated rings. The maximum atomic E-state index is 11.7. The summed E-state index contributed by atoms with van der Waals surface area (Å²) in [5.74, 6) is 1.03. The minimum atomic E-state index is -0.136. The molecule has 5 heteroatoms. The molecule has 8 rings (SSSR count). The highest BCUT2D eigenvalue weighted by Gasteiger charge is 2.71. The highest BCUT2D eigenvalue weighted by molar-refractivity contribution is 7.36. The molecule has 1 aliphatic heterocycles. The van der Waals surface area contributed by atoms with E-state index in [1.807, 2.05) is 0 Å². The third-order valence-corrected chi connectivity index (χ3v) is 11.0. The summed E-state index contributed by atoms with van der Waals surface area (Å²) in [4.78, 5) is 0. The van der Waals surface area contributed by atoms with Crippen molar-refractivity contribution in [2.45, 2.75) is 37.0 Å². The van der Waals surface area contributed by atoms with E-state index in [1.54, 1.807) is 22.7 Å². The molecule has 1 saturated heterocycles. The molecule has 4 aliphatic rings. The van der Waals surface area contributed by atoms with E-state index in [9.17, 15) is 10.2 Å². The predicted octanol–water partition coefficient (Wildman–Crippen LogP) is 5.14. The summed E-state index contributed by atoms with van der Waals surface area (Å²) < 4.78 is 5.32. The number of phenols is 2. The van der Waals surface area contributed by atoms with Gasteiger partial charge >= 0.3 is 3.98 Å². The smallest absolute Gasteiger partial charge is 0.315 e. The average molecular weight is 457 g/mol. The van der Waals surface area contributed by atoms with Gasteiger partial charge in [0.25, 0.3) is 0 Å². The highest BCUT2D eigenvalue weighted by Crippen LogP contribution is 2.79. The maximum absolute atomic E-state index is 11.7. The molecular weight excluding hydrogens is 434 g/mol. The maximum Gasteiger partial charge on any atom is 0.315 e. The van der Waals surface area contributed by atoms with Gasteiger partial charge < -0.3 is 10.2 Å². The summed E-state index contributed by atoms with van der Waals surface area (Å²) in [6.07, 6.45) is 2.43. The molecule has 158 valence electrons. The van der Waals surface area contributed by atoms with Gasteiger partial charge in [-0.25, -0.2) is 4.58 Å². The van der Waals surface area contributed by atoms with E-state index in [1.165, 1.54) is 44.6 Å². The summed E-state index contributed by atoms with van der Waals surface area (Å²) in [7, 11) is 0. The Hall–Kier alpha value is -2.63. The first-order valence-corrected chi connectivity index (χ1v) is 13.1. The fraction of sp³-hybridized carbons (Fsp3) is 0.296. The summed E-state index contributed by atoms with van der Waals surface area (Å²) in [6.45, 7) is 4.27. The molecular formula is C27H22NO2S2+. The van der Waals surface area contributed by atoms with Crippen molar-refractivity contribution >= 4 is 32.1 Å². The molecule has 1 spiro atoms. The Bertz CT molecular complexity index is 1590. The molecule has 0 unspecified atom stereocenters.